The Labute approximate surface area is 159 Å². The minimum Gasteiger partial charge on any atom is -0.497 e. The molecule has 0 saturated heterocycles. The number of thiazole rings is 1. The number of aromatic nitrogens is 1. The number of fused-ring (bicyclic) bond motifs is 1. The number of amides is 1. The Bertz CT molecular complexity index is 1090. The average molecular weight is 375 g/mol. The van der Waals surface area contributed by atoms with E-state index in [1.807, 2.05) is 18.2 Å². The molecule has 132 valence electrons. The van der Waals surface area contributed by atoms with Gasteiger partial charge in [0, 0.05) is 5.56 Å². The molecule has 0 spiro atoms. The van der Waals surface area contributed by atoms with Gasteiger partial charge in [0.15, 0.2) is 5.13 Å². The third-order valence-corrected chi connectivity index (χ3v) is 4.59. The van der Waals surface area contributed by atoms with Crippen LogP contribution in [0.2, 0.25) is 0 Å². The number of nitrogens with zero attached hydrogens (tertiary/aromatic N) is 4. The van der Waals surface area contributed by atoms with E-state index in [0.717, 1.165) is 15.8 Å². The Morgan fingerprint density at radius 3 is 2.63 bits per heavy atom. The number of methoxy groups -OCH3 is 1. The van der Waals surface area contributed by atoms with E-state index >= 15 is 0 Å². The van der Waals surface area contributed by atoms with Crippen molar-refractivity contribution in [3.63, 3.8) is 0 Å². The van der Waals surface area contributed by atoms with Crippen molar-refractivity contribution >= 4 is 38.3 Å². The second-order valence-corrected chi connectivity index (χ2v) is 6.42. The van der Waals surface area contributed by atoms with E-state index in [1.54, 1.807) is 43.5 Å². The Kier molecular flexibility index (Phi) is 5.41. The van der Waals surface area contributed by atoms with Crippen LogP contribution in [-0.2, 0) is 6.54 Å². The van der Waals surface area contributed by atoms with Gasteiger partial charge in [-0.25, -0.2) is 4.98 Å². The van der Waals surface area contributed by atoms with Gasteiger partial charge in [0.05, 0.1) is 23.9 Å². The fourth-order valence-corrected chi connectivity index (χ4v) is 3.22. The van der Waals surface area contributed by atoms with E-state index < -0.39 is 0 Å². The maximum atomic E-state index is 12.3. The molecule has 0 aliphatic carbocycles. The van der Waals surface area contributed by atoms with Crippen molar-refractivity contribution in [1.29, 1.82) is 10.5 Å². The van der Waals surface area contributed by atoms with Crippen molar-refractivity contribution in [1.82, 2.24) is 4.98 Å². The molecule has 1 aromatic heterocycles. The van der Waals surface area contributed by atoms with Gasteiger partial charge in [0.25, 0.3) is 5.91 Å². The number of hydrogen-bond acceptors (Lipinski definition) is 7. The first-order valence-corrected chi connectivity index (χ1v) is 8.64. The first-order valence-electron chi connectivity index (χ1n) is 7.82. The number of benzene rings is 2. The predicted octanol–water partition coefficient (Wildman–Crippen LogP) is 3.55. The van der Waals surface area contributed by atoms with Gasteiger partial charge in [-0.15, -0.1) is 0 Å². The van der Waals surface area contributed by atoms with Crippen LogP contribution in [0.5, 0.6) is 5.75 Å². The number of nitrogens with one attached hydrogen (secondary N) is 1. The molecule has 0 aliphatic rings. The number of aliphatic imine (C=N–C) groups is 1. The lowest BCUT2D eigenvalue weighted by Crippen LogP contribution is -2.11. The van der Waals surface area contributed by atoms with Crippen LogP contribution in [0.4, 0.5) is 5.13 Å². The number of anilines is 1. The second kappa shape index (κ2) is 8.09. The summed E-state index contributed by atoms with van der Waals surface area (Å²) in [6.45, 7) is 0.234. The summed E-state index contributed by atoms with van der Waals surface area (Å²) in [6.07, 6.45) is 0. The molecule has 3 rings (SSSR count). The first-order chi connectivity index (χ1) is 13.1. The van der Waals surface area contributed by atoms with E-state index in [2.05, 4.69) is 15.3 Å². The SMILES string of the molecule is COc1ccc(C(=O)Nc2nc3ccc(CN=C(C#N)C#N)cc3s2)cc1. The highest BCUT2D eigenvalue weighted by Gasteiger charge is 2.10. The number of carbonyl (C=O) groups excluding carboxylic acids is 1. The molecule has 0 atom stereocenters. The normalized spacial score (nSPS) is 9.89. The van der Waals surface area contributed by atoms with Gasteiger partial charge in [0.2, 0.25) is 5.71 Å². The van der Waals surface area contributed by atoms with Crippen molar-refractivity contribution in [2.75, 3.05) is 12.4 Å². The summed E-state index contributed by atoms with van der Waals surface area (Å²) < 4.78 is 5.96. The summed E-state index contributed by atoms with van der Waals surface area (Å²) in [4.78, 5) is 20.7. The van der Waals surface area contributed by atoms with Gasteiger partial charge >= 0.3 is 0 Å². The van der Waals surface area contributed by atoms with Gasteiger partial charge in [0.1, 0.15) is 17.9 Å². The molecule has 0 unspecified atom stereocenters. The smallest absolute Gasteiger partial charge is 0.257 e. The molecule has 0 aliphatic heterocycles. The molecule has 0 bridgehead atoms. The molecular formula is C19H13N5O2S. The molecular weight excluding hydrogens is 362 g/mol. The quantitative estimate of drug-likeness (QED) is 0.686. The largest absolute Gasteiger partial charge is 0.497 e. The van der Waals surface area contributed by atoms with Crippen LogP contribution in [0.15, 0.2) is 47.5 Å². The molecule has 0 saturated carbocycles. The molecule has 1 heterocycles. The Balaban J connectivity index is 1.76. The molecule has 0 fully saturated rings. The monoisotopic (exact) mass is 375 g/mol. The van der Waals surface area contributed by atoms with E-state index in [0.29, 0.717) is 16.4 Å². The van der Waals surface area contributed by atoms with E-state index in [-0.39, 0.29) is 18.2 Å². The Hall–Kier alpha value is -3.75. The van der Waals surface area contributed by atoms with Gasteiger partial charge in [-0.2, -0.15) is 10.5 Å². The molecule has 2 aromatic carbocycles. The third-order valence-electron chi connectivity index (χ3n) is 3.66. The Morgan fingerprint density at radius 2 is 1.96 bits per heavy atom. The molecule has 27 heavy (non-hydrogen) atoms. The minimum absolute atomic E-state index is 0.160. The van der Waals surface area contributed by atoms with Crippen LogP contribution in [0, 0.1) is 22.7 Å². The molecule has 0 radical (unpaired) electrons. The fourth-order valence-electron chi connectivity index (χ4n) is 2.30. The van der Waals surface area contributed by atoms with E-state index in [1.165, 1.54) is 11.3 Å². The van der Waals surface area contributed by atoms with Crippen LogP contribution in [0.1, 0.15) is 15.9 Å². The zero-order chi connectivity index (χ0) is 19.2. The molecule has 3 aromatic rings. The highest BCUT2D eigenvalue weighted by atomic mass is 32.1. The van der Waals surface area contributed by atoms with Gasteiger partial charge in [-0.3, -0.25) is 15.1 Å². The predicted molar refractivity (Wildman–Crippen MR) is 103 cm³/mol. The fraction of sp³-hybridized carbons (Fsp3) is 0.105. The second-order valence-electron chi connectivity index (χ2n) is 5.39. The lowest BCUT2D eigenvalue weighted by atomic mass is 10.2. The number of carbonyl (C=O) groups is 1. The molecule has 1 N–H and O–H groups in total. The van der Waals surface area contributed by atoms with Crippen LogP contribution < -0.4 is 10.1 Å². The summed E-state index contributed by atoms with van der Waals surface area (Å²) in [6, 6.07) is 15.8. The number of ether oxygens (including phenoxy) is 1. The maximum absolute atomic E-state index is 12.3. The number of rotatable bonds is 5. The first kappa shape index (κ1) is 18.1. The summed E-state index contributed by atoms with van der Waals surface area (Å²) in [5.41, 5.74) is 1.94. The highest BCUT2D eigenvalue weighted by Crippen LogP contribution is 2.27. The summed E-state index contributed by atoms with van der Waals surface area (Å²) >= 11 is 1.34. The molecule has 1 amide bonds. The summed E-state index contributed by atoms with van der Waals surface area (Å²) in [5.74, 6) is 0.423. The lowest BCUT2D eigenvalue weighted by Gasteiger charge is -2.03. The van der Waals surface area contributed by atoms with Crippen molar-refractivity contribution in [2.45, 2.75) is 6.54 Å². The van der Waals surface area contributed by atoms with Gasteiger partial charge < -0.3 is 4.74 Å². The zero-order valence-electron chi connectivity index (χ0n) is 14.3. The van der Waals surface area contributed by atoms with E-state index in [9.17, 15) is 4.79 Å². The van der Waals surface area contributed by atoms with Crippen molar-refractivity contribution < 1.29 is 9.53 Å². The molecule has 8 heteroatoms. The van der Waals surface area contributed by atoms with Crippen LogP contribution in [-0.4, -0.2) is 23.7 Å². The minimum atomic E-state index is -0.255. The van der Waals surface area contributed by atoms with Crippen molar-refractivity contribution in [2.24, 2.45) is 4.99 Å². The Morgan fingerprint density at radius 1 is 1.22 bits per heavy atom. The van der Waals surface area contributed by atoms with Gasteiger partial charge in [-0.05, 0) is 42.0 Å². The maximum Gasteiger partial charge on any atom is 0.257 e. The molecule has 7 nitrogen and oxygen atoms in total. The van der Waals surface area contributed by atoms with Crippen molar-refractivity contribution in [3.05, 3.63) is 53.6 Å². The lowest BCUT2D eigenvalue weighted by molar-refractivity contribution is 0.102. The van der Waals surface area contributed by atoms with Crippen LogP contribution >= 0.6 is 11.3 Å². The summed E-state index contributed by atoms with van der Waals surface area (Å²) in [7, 11) is 1.57. The van der Waals surface area contributed by atoms with Crippen LogP contribution in [0.3, 0.4) is 0 Å². The van der Waals surface area contributed by atoms with Crippen molar-refractivity contribution in [3.8, 4) is 17.9 Å². The standard InChI is InChI=1S/C19H13N5O2S/c1-26-15-5-3-13(4-6-15)18(25)24-19-23-16-7-2-12(8-17(16)27-19)11-22-14(9-20)10-21/h2-8H,11H2,1H3,(H,23,24,25). The summed E-state index contributed by atoms with van der Waals surface area (Å²) in [5, 5.41) is 20.7. The number of nitriles is 2. The third kappa shape index (κ3) is 4.27. The topological polar surface area (TPSA) is 111 Å². The highest BCUT2D eigenvalue weighted by molar-refractivity contribution is 7.22. The van der Waals surface area contributed by atoms with E-state index in [4.69, 9.17) is 15.3 Å². The average Bonchev–Trinajstić information content (AvgIpc) is 3.10. The zero-order valence-corrected chi connectivity index (χ0v) is 15.1. The number of hydrogen-bond donors (Lipinski definition) is 1. The van der Waals surface area contributed by atoms with Crippen LogP contribution in [0.25, 0.3) is 10.2 Å². The van der Waals surface area contributed by atoms with Gasteiger partial charge in [-0.1, -0.05) is 17.4 Å².